The maximum absolute atomic E-state index is 6.34. The Morgan fingerprint density at radius 1 is 1.10 bits per heavy atom. The molecule has 0 bridgehead atoms. The number of ether oxygens (including phenoxy) is 1. The van der Waals surface area contributed by atoms with E-state index in [9.17, 15) is 0 Å². The summed E-state index contributed by atoms with van der Waals surface area (Å²) in [6, 6.07) is 8.77. The second kappa shape index (κ2) is 9.75. The fourth-order valence-corrected chi connectivity index (χ4v) is 4.15. The lowest BCUT2D eigenvalue weighted by atomic mass is 9.95. The van der Waals surface area contributed by atoms with Crippen molar-refractivity contribution in [3.05, 3.63) is 48.2 Å². The van der Waals surface area contributed by atoms with Gasteiger partial charge in [-0.15, -0.1) is 0 Å². The van der Waals surface area contributed by atoms with E-state index in [1.54, 1.807) is 0 Å². The zero-order chi connectivity index (χ0) is 20.8. The normalized spacial score (nSPS) is 22.9. The zero-order valence-corrected chi connectivity index (χ0v) is 17.5. The highest BCUT2D eigenvalue weighted by atomic mass is 16.5. The summed E-state index contributed by atoms with van der Waals surface area (Å²) in [5.41, 5.74) is 9.30. The molecule has 6 N–H and O–H groups in total. The molecule has 0 amide bonds. The van der Waals surface area contributed by atoms with E-state index in [1.165, 1.54) is 37.8 Å². The van der Waals surface area contributed by atoms with Gasteiger partial charge in [0.2, 0.25) is 0 Å². The lowest BCUT2D eigenvalue weighted by molar-refractivity contribution is 0.122. The van der Waals surface area contributed by atoms with E-state index in [0.29, 0.717) is 30.2 Å². The topological polar surface area (TPSA) is 99.0 Å². The van der Waals surface area contributed by atoms with E-state index in [1.807, 2.05) is 12.1 Å². The van der Waals surface area contributed by atoms with E-state index < -0.39 is 0 Å². The van der Waals surface area contributed by atoms with E-state index >= 15 is 0 Å². The molecule has 1 aromatic rings. The van der Waals surface area contributed by atoms with Crippen molar-refractivity contribution in [2.75, 3.05) is 43.2 Å². The summed E-state index contributed by atoms with van der Waals surface area (Å²) in [6.45, 7) is 8.08. The first-order valence-corrected chi connectivity index (χ1v) is 10.9. The molecular weight excluding hydrogens is 378 g/mol. The van der Waals surface area contributed by atoms with Crippen molar-refractivity contribution in [1.82, 2.24) is 16.0 Å². The molecule has 0 unspecified atom stereocenters. The number of amidine groups is 1. The predicted molar refractivity (Wildman–Crippen MR) is 122 cm³/mol. The Kier molecular flexibility index (Phi) is 6.63. The van der Waals surface area contributed by atoms with Gasteiger partial charge in [-0.1, -0.05) is 25.8 Å². The van der Waals surface area contributed by atoms with Crippen LogP contribution in [0, 0.1) is 0 Å². The van der Waals surface area contributed by atoms with Crippen molar-refractivity contribution in [3.8, 4) is 0 Å². The van der Waals surface area contributed by atoms with Gasteiger partial charge in [-0.2, -0.15) is 0 Å². The van der Waals surface area contributed by atoms with Crippen LogP contribution in [-0.2, 0) is 4.74 Å². The first-order valence-electron chi connectivity index (χ1n) is 10.9. The molecule has 2 heterocycles. The quantitative estimate of drug-likeness (QED) is 0.488. The number of rotatable bonds is 6. The highest BCUT2D eigenvalue weighted by Crippen LogP contribution is 2.21. The summed E-state index contributed by atoms with van der Waals surface area (Å²) >= 11 is 0. The molecule has 0 aromatic heterocycles. The first kappa shape index (κ1) is 20.4. The number of benzene rings is 1. The van der Waals surface area contributed by atoms with Crippen LogP contribution in [0.3, 0.4) is 0 Å². The number of hydrogen-bond donors (Lipinski definition) is 5. The van der Waals surface area contributed by atoms with Crippen LogP contribution in [0.4, 0.5) is 11.4 Å². The van der Waals surface area contributed by atoms with Crippen molar-refractivity contribution in [2.24, 2.45) is 10.7 Å². The number of aliphatic imine (C=N–C) groups is 1. The molecule has 4 rings (SSSR count). The van der Waals surface area contributed by atoms with Crippen molar-refractivity contribution in [1.29, 1.82) is 0 Å². The molecule has 0 radical (unpaired) electrons. The summed E-state index contributed by atoms with van der Waals surface area (Å²) in [4.78, 5) is 6.94. The van der Waals surface area contributed by atoms with Crippen molar-refractivity contribution >= 4 is 17.2 Å². The van der Waals surface area contributed by atoms with E-state index in [0.717, 1.165) is 37.7 Å². The maximum atomic E-state index is 6.34. The minimum atomic E-state index is 0.446. The van der Waals surface area contributed by atoms with Crippen molar-refractivity contribution in [2.45, 2.75) is 38.1 Å². The number of morpholine rings is 1. The summed E-state index contributed by atoms with van der Waals surface area (Å²) in [5, 5.41) is 13.2. The zero-order valence-electron chi connectivity index (χ0n) is 17.5. The van der Waals surface area contributed by atoms with E-state index in [4.69, 9.17) is 10.5 Å². The average molecular weight is 412 g/mol. The second-order valence-corrected chi connectivity index (χ2v) is 7.98. The van der Waals surface area contributed by atoms with Gasteiger partial charge in [0.05, 0.1) is 19.9 Å². The summed E-state index contributed by atoms with van der Waals surface area (Å²) < 4.78 is 5.42. The predicted octanol–water partition coefficient (Wildman–Crippen LogP) is 2.01. The SMILES string of the molecule is C=C(/N=C1/NCN/C1=C(/N)NC1CCCCC1)Nc1ccc(N2CCOCC2)cc1. The van der Waals surface area contributed by atoms with Crippen LogP contribution in [0.2, 0.25) is 0 Å². The van der Waals surface area contributed by atoms with E-state index in [-0.39, 0.29) is 0 Å². The average Bonchev–Trinajstić information content (AvgIpc) is 3.24. The van der Waals surface area contributed by atoms with Gasteiger partial charge in [-0.05, 0) is 37.1 Å². The van der Waals surface area contributed by atoms with Gasteiger partial charge in [0, 0.05) is 30.5 Å². The molecule has 3 aliphatic rings. The van der Waals surface area contributed by atoms with Gasteiger partial charge in [-0.25, -0.2) is 4.99 Å². The Bertz CT molecular complexity index is 790. The molecule has 162 valence electrons. The van der Waals surface area contributed by atoms with Gasteiger partial charge < -0.3 is 36.6 Å². The molecule has 3 fully saturated rings. The van der Waals surface area contributed by atoms with Crippen LogP contribution in [-0.4, -0.2) is 44.8 Å². The van der Waals surface area contributed by atoms with Gasteiger partial charge in [0.25, 0.3) is 0 Å². The molecule has 8 nitrogen and oxygen atoms in total. The van der Waals surface area contributed by atoms with Crippen LogP contribution >= 0.6 is 0 Å². The van der Waals surface area contributed by atoms with Crippen LogP contribution in [0.1, 0.15) is 32.1 Å². The maximum Gasteiger partial charge on any atom is 0.157 e. The smallest absolute Gasteiger partial charge is 0.157 e. The highest BCUT2D eigenvalue weighted by Gasteiger charge is 2.21. The van der Waals surface area contributed by atoms with Crippen molar-refractivity contribution in [3.63, 3.8) is 0 Å². The minimum Gasteiger partial charge on any atom is -0.384 e. The summed E-state index contributed by atoms with van der Waals surface area (Å²) in [5.74, 6) is 1.91. The Morgan fingerprint density at radius 3 is 2.57 bits per heavy atom. The number of hydrogen-bond acceptors (Lipinski definition) is 7. The van der Waals surface area contributed by atoms with Crippen molar-refractivity contribution < 1.29 is 4.74 Å². The van der Waals surface area contributed by atoms with Gasteiger partial charge in [0.15, 0.2) is 5.84 Å². The van der Waals surface area contributed by atoms with Gasteiger partial charge >= 0.3 is 0 Å². The minimum absolute atomic E-state index is 0.446. The highest BCUT2D eigenvalue weighted by molar-refractivity contribution is 6.00. The standard InChI is InChI=1S/C22H33N7O/c1-16(26-18-7-9-19(10-8-18)29-11-13-30-14-12-29)27-22-20(24-15-25-22)21(23)28-17-5-3-2-4-6-17/h7-10,17,24,26,28H,1-6,11-15,23H2,(H,25,27)/b21-20-. The first-order chi connectivity index (χ1) is 14.7. The molecule has 2 saturated heterocycles. The number of nitrogens with two attached hydrogens (primary N) is 1. The van der Waals surface area contributed by atoms with Gasteiger partial charge in [0.1, 0.15) is 17.3 Å². The molecular formula is C22H33N7O. The third kappa shape index (κ3) is 5.18. The van der Waals surface area contributed by atoms with Crippen LogP contribution < -0.4 is 31.9 Å². The third-order valence-corrected chi connectivity index (χ3v) is 5.77. The fourth-order valence-electron chi connectivity index (χ4n) is 4.15. The second-order valence-electron chi connectivity index (χ2n) is 7.98. The van der Waals surface area contributed by atoms with Crippen LogP contribution in [0.25, 0.3) is 0 Å². The Morgan fingerprint density at radius 2 is 1.83 bits per heavy atom. The van der Waals surface area contributed by atoms with Gasteiger partial charge in [-0.3, -0.25) is 0 Å². The van der Waals surface area contributed by atoms with E-state index in [2.05, 4.69) is 49.9 Å². The number of anilines is 2. The molecule has 0 spiro atoms. The number of nitrogens with one attached hydrogen (secondary N) is 4. The lowest BCUT2D eigenvalue weighted by Gasteiger charge is -2.28. The Hall–Kier alpha value is -2.87. The largest absolute Gasteiger partial charge is 0.384 e. The molecule has 1 saturated carbocycles. The molecule has 2 aliphatic heterocycles. The molecule has 8 heteroatoms. The molecule has 1 aromatic carbocycles. The third-order valence-electron chi connectivity index (χ3n) is 5.77. The van der Waals surface area contributed by atoms with Crippen LogP contribution in [0.15, 0.2) is 53.2 Å². The molecule has 30 heavy (non-hydrogen) atoms. The monoisotopic (exact) mass is 411 g/mol. The molecule has 0 atom stereocenters. The molecule has 1 aliphatic carbocycles. The summed E-state index contributed by atoms with van der Waals surface area (Å²) in [6.07, 6.45) is 6.18. The van der Waals surface area contributed by atoms with Crippen LogP contribution in [0.5, 0.6) is 0 Å². The lowest BCUT2D eigenvalue weighted by Crippen LogP contribution is -2.36. The Balaban J connectivity index is 1.37. The number of nitrogens with zero attached hydrogens (tertiary/aromatic N) is 2. The summed E-state index contributed by atoms with van der Waals surface area (Å²) in [7, 11) is 0. The Labute approximate surface area is 178 Å². The fraction of sp³-hybridized carbons (Fsp3) is 0.500.